The Bertz CT molecular complexity index is 380. The molecule has 0 aliphatic carbocycles. The van der Waals surface area contributed by atoms with E-state index in [1.54, 1.807) is 19.2 Å². The van der Waals surface area contributed by atoms with E-state index >= 15 is 0 Å². The van der Waals surface area contributed by atoms with Crippen LogP contribution in [0.25, 0.3) is 0 Å². The molecular weight excluding hydrogens is 220 g/mol. The number of methoxy groups -OCH3 is 1. The molecule has 5 nitrogen and oxygen atoms in total. The molecule has 1 aromatic rings. The highest BCUT2D eigenvalue weighted by molar-refractivity contribution is 5.55. The van der Waals surface area contributed by atoms with Gasteiger partial charge in [0.15, 0.2) is 0 Å². The molecule has 1 rings (SSSR count). The Labute approximate surface area is 101 Å². The first-order valence-electron chi connectivity index (χ1n) is 5.63. The number of nitro groups is 1. The van der Waals surface area contributed by atoms with E-state index < -0.39 is 0 Å². The summed E-state index contributed by atoms with van der Waals surface area (Å²) in [5.74, 6) is 0. The smallest absolute Gasteiger partial charge is 0.269 e. The van der Waals surface area contributed by atoms with Crippen molar-refractivity contribution in [1.82, 2.24) is 0 Å². The average molecular weight is 238 g/mol. The molecule has 1 aromatic carbocycles. The van der Waals surface area contributed by atoms with Crippen LogP contribution in [0.1, 0.15) is 18.4 Å². The zero-order valence-electron chi connectivity index (χ0n) is 10.2. The molecule has 1 N–H and O–H groups in total. The van der Waals surface area contributed by atoms with Crippen LogP contribution in [0, 0.1) is 17.0 Å². The van der Waals surface area contributed by atoms with Crippen molar-refractivity contribution in [2.75, 3.05) is 25.6 Å². The van der Waals surface area contributed by atoms with Gasteiger partial charge in [-0.25, -0.2) is 0 Å². The molecule has 5 heteroatoms. The minimum absolute atomic E-state index is 0.132. The maximum Gasteiger partial charge on any atom is 0.269 e. The zero-order valence-corrected chi connectivity index (χ0v) is 10.2. The third-order valence-corrected chi connectivity index (χ3v) is 2.51. The minimum Gasteiger partial charge on any atom is -0.385 e. The van der Waals surface area contributed by atoms with E-state index in [2.05, 4.69) is 5.32 Å². The Morgan fingerprint density at radius 3 is 2.76 bits per heavy atom. The van der Waals surface area contributed by atoms with Gasteiger partial charge in [-0.05, 0) is 31.4 Å². The molecular formula is C12H18N2O3. The van der Waals surface area contributed by atoms with Gasteiger partial charge in [-0.3, -0.25) is 10.1 Å². The largest absolute Gasteiger partial charge is 0.385 e. The van der Waals surface area contributed by atoms with E-state index in [0.29, 0.717) is 0 Å². The number of non-ortho nitro benzene ring substituents is 1. The normalized spacial score (nSPS) is 10.2. The molecule has 0 aliphatic heterocycles. The van der Waals surface area contributed by atoms with Gasteiger partial charge < -0.3 is 10.1 Å². The Morgan fingerprint density at radius 1 is 1.41 bits per heavy atom. The lowest BCUT2D eigenvalue weighted by Gasteiger charge is -2.08. The summed E-state index contributed by atoms with van der Waals surface area (Å²) in [6, 6.07) is 4.85. The van der Waals surface area contributed by atoms with Crippen molar-refractivity contribution >= 4 is 11.4 Å². The van der Waals surface area contributed by atoms with Crippen LogP contribution in [0.15, 0.2) is 18.2 Å². The van der Waals surface area contributed by atoms with Crippen LogP contribution in [0.2, 0.25) is 0 Å². The Balaban J connectivity index is 2.46. The molecule has 0 aromatic heterocycles. The number of aryl methyl sites for hydroxylation is 1. The van der Waals surface area contributed by atoms with E-state index in [1.807, 2.05) is 6.92 Å². The number of nitrogens with one attached hydrogen (secondary N) is 1. The second-order valence-electron chi connectivity index (χ2n) is 3.88. The third-order valence-electron chi connectivity index (χ3n) is 2.51. The minimum atomic E-state index is -0.380. The maximum atomic E-state index is 10.6. The zero-order chi connectivity index (χ0) is 12.7. The van der Waals surface area contributed by atoms with Crippen molar-refractivity contribution in [3.05, 3.63) is 33.9 Å². The van der Waals surface area contributed by atoms with E-state index in [4.69, 9.17) is 4.74 Å². The first-order valence-corrected chi connectivity index (χ1v) is 5.63. The standard InChI is InChI=1S/C12H18N2O3/c1-10-9-11(14(15)16)5-6-12(10)13-7-3-4-8-17-2/h5-6,9,13H,3-4,7-8H2,1-2H3. The molecule has 0 heterocycles. The number of hydrogen-bond donors (Lipinski definition) is 1. The summed E-state index contributed by atoms with van der Waals surface area (Å²) >= 11 is 0. The Kier molecular flexibility index (Phi) is 5.42. The van der Waals surface area contributed by atoms with Crippen molar-refractivity contribution < 1.29 is 9.66 Å². The van der Waals surface area contributed by atoms with Gasteiger partial charge in [-0.2, -0.15) is 0 Å². The lowest BCUT2D eigenvalue weighted by molar-refractivity contribution is -0.384. The monoisotopic (exact) mass is 238 g/mol. The van der Waals surface area contributed by atoms with Crippen LogP contribution in [0.3, 0.4) is 0 Å². The molecule has 0 saturated carbocycles. The summed E-state index contributed by atoms with van der Waals surface area (Å²) in [6.07, 6.45) is 2.03. The molecule has 0 atom stereocenters. The van der Waals surface area contributed by atoms with Crippen LogP contribution in [-0.4, -0.2) is 25.2 Å². The van der Waals surface area contributed by atoms with Gasteiger partial charge in [0.1, 0.15) is 0 Å². The fraction of sp³-hybridized carbons (Fsp3) is 0.500. The van der Waals surface area contributed by atoms with E-state index in [0.717, 1.165) is 37.2 Å². The molecule has 0 bridgehead atoms. The van der Waals surface area contributed by atoms with Gasteiger partial charge in [0.25, 0.3) is 5.69 Å². The van der Waals surface area contributed by atoms with Gasteiger partial charge >= 0.3 is 0 Å². The molecule has 94 valence electrons. The molecule has 0 radical (unpaired) electrons. The molecule has 0 spiro atoms. The summed E-state index contributed by atoms with van der Waals surface area (Å²) in [5, 5.41) is 13.8. The lowest BCUT2D eigenvalue weighted by atomic mass is 10.1. The number of nitrogens with zero attached hydrogens (tertiary/aromatic N) is 1. The SMILES string of the molecule is COCCCCNc1ccc([N+](=O)[O-])cc1C. The molecule has 0 aliphatic rings. The predicted octanol–water partition coefficient (Wildman–Crippen LogP) is 2.74. The van der Waals surface area contributed by atoms with Crippen molar-refractivity contribution in [3.63, 3.8) is 0 Å². The quantitative estimate of drug-likeness (QED) is 0.450. The highest BCUT2D eigenvalue weighted by Gasteiger charge is 2.07. The number of rotatable bonds is 7. The number of hydrogen-bond acceptors (Lipinski definition) is 4. The number of nitro benzene ring substituents is 1. The number of anilines is 1. The molecule has 0 unspecified atom stereocenters. The summed E-state index contributed by atoms with van der Waals surface area (Å²) in [5.41, 5.74) is 1.98. The predicted molar refractivity (Wildman–Crippen MR) is 67.4 cm³/mol. The molecule has 0 saturated heterocycles. The van der Waals surface area contributed by atoms with Crippen LogP contribution in [-0.2, 0) is 4.74 Å². The first-order chi connectivity index (χ1) is 8.15. The highest BCUT2D eigenvalue weighted by Crippen LogP contribution is 2.20. The van der Waals surface area contributed by atoms with Gasteiger partial charge in [0.2, 0.25) is 0 Å². The van der Waals surface area contributed by atoms with Crippen molar-refractivity contribution in [1.29, 1.82) is 0 Å². The number of unbranched alkanes of at least 4 members (excludes halogenated alkanes) is 1. The van der Waals surface area contributed by atoms with Crippen LogP contribution >= 0.6 is 0 Å². The van der Waals surface area contributed by atoms with Crippen LogP contribution in [0.5, 0.6) is 0 Å². The van der Waals surface area contributed by atoms with E-state index in [1.165, 1.54) is 6.07 Å². The summed E-state index contributed by atoms with van der Waals surface area (Å²) in [7, 11) is 1.69. The Hall–Kier alpha value is -1.62. The van der Waals surface area contributed by atoms with Crippen LogP contribution < -0.4 is 5.32 Å². The lowest BCUT2D eigenvalue weighted by Crippen LogP contribution is -2.04. The summed E-state index contributed by atoms with van der Waals surface area (Å²) < 4.78 is 4.96. The molecule has 0 amide bonds. The van der Waals surface area contributed by atoms with Crippen molar-refractivity contribution in [3.8, 4) is 0 Å². The third kappa shape index (κ3) is 4.40. The first kappa shape index (κ1) is 13.4. The molecule has 17 heavy (non-hydrogen) atoms. The summed E-state index contributed by atoms with van der Waals surface area (Å²) in [6.45, 7) is 3.48. The fourth-order valence-corrected chi connectivity index (χ4v) is 1.55. The van der Waals surface area contributed by atoms with Gasteiger partial charge in [0, 0.05) is 38.1 Å². The van der Waals surface area contributed by atoms with Crippen LogP contribution in [0.4, 0.5) is 11.4 Å². The topological polar surface area (TPSA) is 64.4 Å². The number of ether oxygens (including phenoxy) is 1. The van der Waals surface area contributed by atoms with Crippen molar-refractivity contribution in [2.24, 2.45) is 0 Å². The second-order valence-corrected chi connectivity index (χ2v) is 3.88. The Morgan fingerprint density at radius 2 is 2.18 bits per heavy atom. The fourth-order valence-electron chi connectivity index (χ4n) is 1.55. The van der Waals surface area contributed by atoms with E-state index in [9.17, 15) is 10.1 Å². The second kappa shape index (κ2) is 6.85. The highest BCUT2D eigenvalue weighted by atomic mass is 16.6. The van der Waals surface area contributed by atoms with E-state index in [-0.39, 0.29) is 10.6 Å². The van der Waals surface area contributed by atoms with Crippen molar-refractivity contribution in [2.45, 2.75) is 19.8 Å². The number of benzene rings is 1. The average Bonchev–Trinajstić information content (AvgIpc) is 2.30. The van der Waals surface area contributed by atoms with Gasteiger partial charge in [0.05, 0.1) is 4.92 Å². The van der Waals surface area contributed by atoms with Gasteiger partial charge in [-0.15, -0.1) is 0 Å². The molecule has 0 fully saturated rings. The summed E-state index contributed by atoms with van der Waals surface area (Å²) in [4.78, 5) is 10.2. The maximum absolute atomic E-state index is 10.6. The van der Waals surface area contributed by atoms with Gasteiger partial charge in [-0.1, -0.05) is 0 Å².